The molecule has 0 aromatic heterocycles. The summed E-state index contributed by atoms with van der Waals surface area (Å²) in [6.45, 7) is 7.60. The Hall–Kier alpha value is -1.88. The zero-order chi connectivity index (χ0) is 32.0. The van der Waals surface area contributed by atoms with Crippen molar-refractivity contribution >= 4 is 45.7 Å². The molecule has 1 heterocycles. The third-order valence-electron chi connectivity index (χ3n) is 7.09. The third kappa shape index (κ3) is 10.9. The maximum Gasteiger partial charge on any atom is 1.00 e. The molecule has 1 aromatic carbocycles. The second-order valence-electron chi connectivity index (χ2n) is 12.0. The summed E-state index contributed by atoms with van der Waals surface area (Å²) in [5, 5.41) is 20.9. The number of alkyl carbamates (subject to hydrolysis) is 1. The molecule has 1 aliphatic carbocycles. The number of rotatable bonds is 15. The molecule has 0 radical (unpaired) electrons. The second-order valence-corrected chi connectivity index (χ2v) is 15.4. The Morgan fingerprint density at radius 2 is 1.77 bits per heavy atom. The molecule has 1 saturated carbocycles. The summed E-state index contributed by atoms with van der Waals surface area (Å²) < 4.78 is 42.1. The Kier molecular flexibility index (Phi) is 14.0. The van der Waals surface area contributed by atoms with Gasteiger partial charge in [-0.15, -0.1) is 11.8 Å². The molecule has 240 valence electrons. The number of hydrogen-bond acceptors (Lipinski definition) is 10. The molecule has 4 amide bonds. The van der Waals surface area contributed by atoms with Gasteiger partial charge in [0.25, 0.3) is 10.8 Å². The summed E-state index contributed by atoms with van der Waals surface area (Å²) in [5.74, 6) is -3.91. The fourth-order valence-electron chi connectivity index (χ4n) is 4.67. The number of nitrogens with one attached hydrogen (secondary N) is 4. The quantitative estimate of drug-likeness (QED) is 0.0811. The first-order chi connectivity index (χ1) is 20.0. The van der Waals surface area contributed by atoms with E-state index in [9.17, 15) is 37.3 Å². The van der Waals surface area contributed by atoms with Gasteiger partial charge in [-0.3, -0.25) is 14.4 Å². The second kappa shape index (κ2) is 16.1. The molecule has 1 aromatic rings. The van der Waals surface area contributed by atoms with Gasteiger partial charge in [0, 0.05) is 28.1 Å². The standard InChI is InChI=1S/C28H42N4O9S2.Na/c1-17(2)14-21(31-26(36)41-16-27(3,4)42-20-8-6-5-7-9-20)24(34)32-22(15-18-12-13-29-23(18)33)28(37,43(38,39)40)25(35)30-19-10-11-19;/h5-9,17-19,21-22,37H,10-16H2,1-4H3,(H,29,33)(H,30,35)(H,31,36)(H,32,34)(H,38,39,40);/q;+1/p-1/t18-,21-,22-,28?;/m0./s1. The Labute approximate surface area is 284 Å². The minimum Gasteiger partial charge on any atom is -0.745 e. The number of hydrogen-bond donors (Lipinski definition) is 5. The van der Waals surface area contributed by atoms with Crippen LogP contribution in [0.5, 0.6) is 0 Å². The SMILES string of the molecule is CC(C)C[C@H](NC(=O)OCC(C)(C)Sc1ccccc1)C(=O)N[C@@H](C[C@@H]1CCNC1=O)C(O)(C(=O)NC1CC1)S(=O)(=O)[O-].[Na+]. The van der Waals surface area contributed by atoms with Crippen LogP contribution < -0.4 is 50.8 Å². The molecule has 13 nitrogen and oxygen atoms in total. The summed E-state index contributed by atoms with van der Waals surface area (Å²) in [7, 11) is -5.78. The first kappa shape index (κ1) is 38.3. The minimum atomic E-state index is -5.78. The van der Waals surface area contributed by atoms with Crippen molar-refractivity contribution in [3.63, 3.8) is 0 Å². The first-order valence-electron chi connectivity index (χ1n) is 14.3. The van der Waals surface area contributed by atoms with Crippen LogP contribution in [0.15, 0.2) is 35.2 Å². The normalized spacial score (nSPS) is 19.5. The van der Waals surface area contributed by atoms with Crippen molar-refractivity contribution in [2.24, 2.45) is 11.8 Å². The average molecular weight is 665 g/mol. The van der Waals surface area contributed by atoms with E-state index >= 15 is 0 Å². The van der Waals surface area contributed by atoms with Crippen molar-refractivity contribution in [1.29, 1.82) is 0 Å². The summed E-state index contributed by atoms with van der Waals surface area (Å²) in [6.07, 6.45) is -0.0278. The molecule has 2 aliphatic rings. The van der Waals surface area contributed by atoms with Gasteiger partial charge in [-0.05, 0) is 64.0 Å². The van der Waals surface area contributed by atoms with Gasteiger partial charge in [0.05, 0.1) is 6.04 Å². The van der Waals surface area contributed by atoms with Gasteiger partial charge in [0.1, 0.15) is 22.8 Å². The molecular formula is C28H41N4NaO9S2. The van der Waals surface area contributed by atoms with Gasteiger partial charge < -0.3 is 35.7 Å². The third-order valence-corrected chi connectivity index (χ3v) is 9.51. The summed E-state index contributed by atoms with van der Waals surface area (Å²) in [4.78, 5) is 49.0. The smallest absolute Gasteiger partial charge is 0.745 e. The molecule has 1 unspecified atom stereocenters. The van der Waals surface area contributed by atoms with Gasteiger partial charge in [-0.1, -0.05) is 32.0 Å². The summed E-state index contributed by atoms with van der Waals surface area (Å²) in [6, 6.07) is 5.85. The maximum absolute atomic E-state index is 13.5. The molecule has 0 bridgehead atoms. The monoisotopic (exact) mass is 664 g/mol. The van der Waals surface area contributed by atoms with E-state index in [1.807, 2.05) is 44.2 Å². The number of carbonyl (C=O) groups is 4. The average Bonchev–Trinajstić information content (AvgIpc) is 3.64. The van der Waals surface area contributed by atoms with Gasteiger partial charge in [-0.2, -0.15) is 0 Å². The van der Waals surface area contributed by atoms with E-state index < -0.39 is 74.1 Å². The van der Waals surface area contributed by atoms with Crippen LogP contribution in [0.2, 0.25) is 0 Å². The van der Waals surface area contributed by atoms with E-state index in [1.165, 1.54) is 11.8 Å². The van der Waals surface area contributed by atoms with E-state index in [1.54, 1.807) is 13.8 Å². The Balaban J connectivity index is 0.00000675. The van der Waals surface area contributed by atoms with Gasteiger partial charge in [0.2, 0.25) is 11.8 Å². The van der Waals surface area contributed by atoms with E-state index in [0.29, 0.717) is 12.8 Å². The molecule has 44 heavy (non-hydrogen) atoms. The number of thioether (sulfide) groups is 1. The number of amides is 4. The Morgan fingerprint density at radius 3 is 2.30 bits per heavy atom. The fraction of sp³-hybridized carbons (Fsp3) is 0.643. The van der Waals surface area contributed by atoms with Crippen molar-refractivity contribution in [3.8, 4) is 0 Å². The zero-order valence-corrected chi connectivity index (χ0v) is 29.4. The van der Waals surface area contributed by atoms with Crippen LogP contribution in [-0.4, -0.2) is 82.8 Å². The van der Waals surface area contributed by atoms with Crippen molar-refractivity contribution in [2.75, 3.05) is 13.2 Å². The Bertz CT molecular complexity index is 1280. The van der Waals surface area contributed by atoms with Crippen LogP contribution in [0.1, 0.15) is 59.8 Å². The largest absolute Gasteiger partial charge is 1.00 e. The van der Waals surface area contributed by atoms with E-state index in [0.717, 1.165) is 4.90 Å². The first-order valence-corrected chi connectivity index (χ1v) is 16.5. The van der Waals surface area contributed by atoms with Crippen LogP contribution >= 0.6 is 11.8 Å². The molecule has 0 spiro atoms. The molecular weight excluding hydrogens is 623 g/mol. The van der Waals surface area contributed by atoms with Crippen LogP contribution in [0.25, 0.3) is 0 Å². The van der Waals surface area contributed by atoms with E-state index in [2.05, 4.69) is 21.3 Å². The fourth-order valence-corrected chi connectivity index (χ4v) is 6.51. The minimum absolute atomic E-state index is 0. The maximum atomic E-state index is 13.5. The number of carbonyl (C=O) groups excluding carboxylic acids is 4. The van der Waals surface area contributed by atoms with Crippen LogP contribution in [0.3, 0.4) is 0 Å². The number of aliphatic hydroxyl groups is 1. The van der Waals surface area contributed by atoms with Crippen LogP contribution in [0.4, 0.5) is 4.79 Å². The predicted molar refractivity (Wildman–Crippen MR) is 158 cm³/mol. The van der Waals surface area contributed by atoms with E-state index in [-0.39, 0.29) is 61.5 Å². The Morgan fingerprint density at radius 1 is 1.14 bits per heavy atom. The molecule has 1 saturated heterocycles. The van der Waals surface area contributed by atoms with Gasteiger partial charge in [0.15, 0.2) is 0 Å². The molecule has 2 fully saturated rings. The number of ether oxygens (including phenoxy) is 1. The predicted octanol–water partition coefficient (Wildman–Crippen LogP) is -1.77. The molecule has 4 atom stereocenters. The van der Waals surface area contributed by atoms with E-state index in [4.69, 9.17) is 4.74 Å². The zero-order valence-electron chi connectivity index (χ0n) is 25.8. The van der Waals surface area contributed by atoms with Crippen molar-refractivity contribution < 1.29 is 71.5 Å². The van der Waals surface area contributed by atoms with Crippen molar-refractivity contribution in [2.45, 2.75) is 92.5 Å². The molecule has 3 rings (SSSR count). The summed E-state index contributed by atoms with van der Waals surface area (Å²) >= 11 is 1.49. The van der Waals surface area contributed by atoms with Crippen molar-refractivity contribution in [3.05, 3.63) is 30.3 Å². The molecule has 16 heteroatoms. The topological polar surface area (TPSA) is 203 Å². The molecule has 5 N–H and O–H groups in total. The van der Waals surface area contributed by atoms with Crippen molar-refractivity contribution in [1.82, 2.24) is 21.3 Å². The van der Waals surface area contributed by atoms with Crippen LogP contribution in [-0.2, 0) is 29.2 Å². The molecule has 1 aliphatic heterocycles. The number of benzene rings is 1. The van der Waals surface area contributed by atoms with Crippen LogP contribution in [0, 0.1) is 11.8 Å². The van der Waals surface area contributed by atoms with Gasteiger partial charge >= 0.3 is 35.7 Å². The van der Waals surface area contributed by atoms with Gasteiger partial charge in [-0.25, -0.2) is 13.2 Å². The summed E-state index contributed by atoms with van der Waals surface area (Å²) in [5.41, 5.74) is 0.